The molecule has 0 aliphatic carbocycles. The van der Waals surface area contributed by atoms with Gasteiger partial charge in [-0.1, -0.05) is 37.3 Å². The maximum atomic E-state index is 14.5. The minimum atomic E-state index is -4.53. The van der Waals surface area contributed by atoms with Crippen molar-refractivity contribution >= 4 is 23.5 Å². The molecule has 3 rings (SSSR count). The van der Waals surface area contributed by atoms with Gasteiger partial charge in [-0.2, -0.15) is 13.2 Å². The normalized spacial score (nSPS) is 21.1. The monoisotopic (exact) mass is 495 g/mol. The Balaban J connectivity index is 1.88. The van der Waals surface area contributed by atoms with E-state index in [0.717, 1.165) is 17.0 Å². The average Bonchev–Trinajstić information content (AvgIpc) is 2.80. The molecule has 0 radical (unpaired) electrons. The zero-order valence-electron chi connectivity index (χ0n) is 19.2. The molecule has 3 N–H and O–H groups in total. The number of hydrogen-bond donors (Lipinski definition) is 2. The number of rotatable bonds is 6. The molecule has 11 heteroatoms. The van der Waals surface area contributed by atoms with Gasteiger partial charge in [0.05, 0.1) is 18.2 Å². The highest BCUT2D eigenvalue weighted by Gasteiger charge is 2.46. The summed E-state index contributed by atoms with van der Waals surface area (Å²) in [6, 6.07) is 10.0. The molecule has 1 aliphatic rings. The van der Waals surface area contributed by atoms with Crippen LogP contribution in [0.5, 0.6) is 0 Å². The van der Waals surface area contributed by atoms with Crippen LogP contribution < -0.4 is 11.1 Å². The van der Waals surface area contributed by atoms with E-state index < -0.39 is 48.5 Å². The highest BCUT2D eigenvalue weighted by molar-refractivity contribution is 6.18. The fraction of sp³-hybridized carbons (Fsp3) is 0.375. The number of anilines is 1. The number of nitrogens with one attached hydrogen (secondary N) is 1. The van der Waals surface area contributed by atoms with Crippen molar-refractivity contribution in [2.24, 2.45) is 16.6 Å². The van der Waals surface area contributed by atoms with Crippen molar-refractivity contribution < 1.29 is 26.7 Å². The van der Waals surface area contributed by atoms with Crippen molar-refractivity contribution in [3.8, 4) is 0 Å². The van der Waals surface area contributed by atoms with Crippen LogP contribution in [0.4, 0.5) is 27.8 Å². The van der Waals surface area contributed by atoms with Crippen molar-refractivity contribution in [1.82, 2.24) is 9.88 Å². The van der Waals surface area contributed by atoms with Crippen LogP contribution in [0.3, 0.4) is 0 Å². The van der Waals surface area contributed by atoms with Crippen molar-refractivity contribution in [3.05, 3.63) is 65.5 Å². The van der Waals surface area contributed by atoms with E-state index in [1.54, 1.807) is 37.3 Å². The minimum absolute atomic E-state index is 0.00281. The molecule has 35 heavy (non-hydrogen) atoms. The number of likely N-dealkylation sites (tertiary alicyclic amines) is 1. The van der Waals surface area contributed by atoms with Crippen LogP contribution in [0.25, 0.3) is 5.57 Å². The van der Waals surface area contributed by atoms with Gasteiger partial charge in [0.1, 0.15) is 11.5 Å². The molecular weight excluding hydrogens is 469 g/mol. The van der Waals surface area contributed by atoms with Crippen molar-refractivity contribution in [2.45, 2.75) is 31.5 Å². The lowest BCUT2D eigenvalue weighted by molar-refractivity contribution is -0.148. The number of aliphatic imine (C=N–C) groups is 1. The number of allylic oxidation sites excluding steroid dienone is 1. The van der Waals surface area contributed by atoms with Gasteiger partial charge in [0.25, 0.3) is 11.8 Å². The molecule has 188 valence electrons. The highest BCUT2D eigenvalue weighted by atomic mass is 19.4. The number of piperidine rings is 1. The fourth-order valence-electron chi connectivity index (χ4n) is 4.07. The SMILES string of the molecule is CN=CC(=C(N)C(=O)N1CC(F)(F)CC(C)C1CNc1ccc(C(F)(F)F)cn1)c1ccccc1. The van der Waals surface area contributed by atoms with E-state index in [-0.39, 0.29) is 18.1 Å². The number of amides is 1. The fourth-order valence-corrected chi connectivity index (χ4v) is 4.07. The van der Waals surface area contributed by atoms with Gasteiger partial charge < -0.3 is 16.0 Å². The maximum Gasteiger partial charge on any atom is 0.417 e. The first-order valence-corrected chi connectivity index (χ1v) is 10.9. The van der Waals surface area contributed by atoms with Gasteiger partial charge in [-0.15, -0.1) is 0 Å². The summed E-state index contributed by atoms with van der Waals surface area (Å²) in [5, 5.41) is 2.86. The number of pyridine rings is 1. The largest absolute Gasteiger partial charge is 0.417 e. The number of nitrogens with zero attached hydrogens (tertiary/aromatic N) is 3. The summed E-state index contributed by atoms with van der Waals surface area (Å²) < 4.78 is 67.3. The minimum Gasteiger partial charge on any atom is -0.394 e. The highest BCUT2D eigenvalue weighted by Crippen LogP contribution is 2.35. The standard InChI is InChI=1S/C24H26F5N5O/c1-15-10-23(25,26)14-34(19(15)13-33-20-9-8-17(11-32-20)24(27,28)29)22(35)21(30)18(12-31-2)16-6-4-3-5-7-16/h3-9,11-12,15,19H,10,13-14,30H2,1-2H3,(H,32,33). The molecule has 2 unspecified atom stereocenters. The topological polar surface area (TPSA) is 83.6 Å². The zero-order valence-corrected chi connectivity index (χ0v) is 19.2. The number of benzene rings is 1. The maximum absolute atomic E-state index is 14.5. The molecule has 1 saturated heterocycles. The van der Waals surface area contributed by atoms with Crippen LogP contribution in [-0.2, 0) is 11.0 Å². The van der Waals surface area contributed by atoms with Crippen molar-refractivity contribution in [1.29, 1.82) is 0 Å². The first kappa shape index (κ1) is 26.1. The summed E-state index contributed by atoms with van der Waals surface area (Å²) in [6.07, 6.45) is -2.90. The lowest BCUT2D eigenvalue weighted by atomic mass is 9.88. The summed E-state index contributed by atoms with van der Waals surface area (Å²) >= 11 is 0. The van der Waals surface area contributed by atoms with Gasteiger partial charge in [0, 0.05) is 38.0 Å². The average molecular weight is 495 g/mol. The number of alkyl halides is 5. The summed E-state index contributed by atoms with van der Waals surface area (Å²) in [7, 11) is 1.50. The van der Waals surface area contributed by atoms with E-state index in [2.05, 4.69) is 15.3 Å². The predicted molar refractivity (Wildman–Crippen MR) is 124 cm³/mol. The summed E-state index contributed by atoms with van der Waals surface area (Å²) in [5.41, 5.74) is 5.95. The van der Waals surface area contributed by atoms with Crippen LogP contribution in [0.15, 0.2) is 59.4 Å². The molecule has 1 aromatic carbocycles. The number of carbonyl (C=O) groups is 1. The van der Waals surface area contributed by atoms with Crippen LogP contribution in [0.2, 0.25) is 0 Å². The molecule has 0 saturated carbocycles. The third kappa shape index (κ3) is 6.34. The Bertz CT molecular complexity index is 1080. The lowest BCUT2D eigenvalue weighted by Crippen LogP contribution is -2.58. The molecule has 6 nitrogen and oxygen atoms in total. The summed E-state index contributed by atoms with van der Waals surface area (Å²) in [4.78, 5) is 22.1. The summed E-state index contributed by atoms with van der Waals surface area (Å²) in [5.74, 6) is -4.40. The Morgan fingerprint density at radius 1 is 1.26 bits per heavy atom. The van der Waals surface area contributed by atoms with Gasteiger partial charge in [0.15, 0.2) is 0 Å². The molecule has 2 heterocycles. The second-order valence-corrected chi connectivity index (χ2v) is 8.43. The molecule has 1 aliphatic heterocycles. The Morgan fingerprint density at radius 3 is 2.51 bits per heavy atom. The molecular formula is C24H26F5N5O. The Labute approximate surface area is 199 Å². The number of nitrogens with two attached hydrogens (primary N) is 1. The number of carbonyl (C=O) groups excluding carboxylic acids is 1. The van der Waals surface area contributed by atoms with Gasteiger partial charge >= 0.3 is 6.18 Å². The molecule has 1 aromatic heterocycles. The van der Waals surface area contributed by atoms with Gasteiger partial charge in [0.2, 0.25) is 0 Å². The molecule has 1 fully saturated rings. The lowest BCUT2D eigenvalue weighted by Gasteiger charge is -2.43. The number of hydrogen-bond acceptors (Lipinski definition) is 5. The van der Waals surface area contributed by atoms with E-state index in [1.165, 1.54) is 13.3 Å². The third-order valence-corrected chi connectivity index (χ3v) is 5.79. The van der Waals surface area contributed by atoms with Gasteiger partial charge in [-0.25, -0.2) is 13.8 Å². The quantitative estimate of drug-likeness (QED) is 0.352. The Kier molecular flexibility index (Phi) is 7.76. The van der Waals surface area contributed by atoms with Gasteiger partial charge in [-0.3, -0.25) is 9.79 Å². The Morgan fingerprint density at radius 2 is 1.94 bits per heavy atom. The summed E-state index contributed by atoms with van der Waals surface area (Å²) in [6.45, 7) is 0.748. The van der Waals surface area contributed by atoms with Crippen molar-refractivity contribution in [3.63, 3.8) is 0 Å². The zero-order chi connectivity index (χ0) is 25.8. The second-order valence-electron chi connectivity index (χ2n) is 8.43. The van der Waals surface area contributed by atoms with E-state index in [4.69, 9.17) is 5.73 Å². The van der Waals surface area contributed by atoms with Crippen LogP contribution in [0, 0.1) is 5.92 Å². The first-order valence-electron chi connectivity index (χ1n) is 10.9. The third-order valence-electron chi connectivity index (χ3n) is 5.79. The van der Waals surface area contributed by atoms with E-state index in [0.29, 0.717) is 17.3 Å². The number of halogens is 5. The van der Waals surface area contributed by atoms with Crippen LogP contribution >= 0.6 is 0 Å². The molecule has 0 spiro atoms. The van der Waals surface area contributed by atoms with E-state index in [1.807, 2.05) is 0 Å². The van der Waals surface area contributed by atoms with Gasteiger partial charge in [-0.05, 0) is 23.6 Å². The van der Waals surface area contributed by atoms with E-state index in [9.17, 15) is 26.7 Å². The molecule has 1 amide bonds. The Hall–Kier alpha value is -3.50. The number of aromatic nitrogens is 1. The predicted octanol–water partition coefficient (Wildman–Crippen LogP) is 4.46. The molecule has 2 aromatic rings. The van der Waals surface area contributed by atoms with E-state index >= 15 is 0 Å². The molecule has 0 bridgehead atoms. The van der Waals surface area contributed by atoms with Crippen LogP contribution in [-0.4, -0.2) is 54.1 Å². The van der Waals surface area contributed by atoms with Crippen molar-refractivity contribution in [2.75, 3.05) is 25.5 Å². The smallest absolute Gasteiger partial charge is 0.394 e. The first-order chi connectivity index (χ1) is 16.4. The van der Waals surface area contributed by atoms with Crippen LogP contribution in [0.1, 0.15) is 24.5 Å². The molecule has 2 atom stereocenters. The second kappa shape index (κ2) is 10.4.